The summed E-state index contributed by atoms with van der Waals surface area (Å²) in [6.45, 7) is 0. The molecule has 104 valence electrons. The number of alkyl halides is 9. The van der Waals surface area contributed by atoms with E-state index in [1.807, 2.05) is 0 Å². The summed E-state index contributed by atoms with van der Waals surface area (Å²) in [4.78, 5) is 8.05. The first-order valence-corrected chi connectivity index (χ1v) is 5.51. The summed E-state index contributed by atoms with van der Waals surface area (Å²) in [5.74, 6) is -15.5. The molecule has 0 fully saturated rings. The Hall–Kier alpha value is -0.453. The van der Waals surface area contributed by atoms with Crippen molar-refractivity contribution in [2.24, 2.45) is 0 Å². The molecule has 0 bridgehead atoms. The van der Waals surface area contributed by atoms with Gasteiger partial charge in [0.1, 0.15) is 0 Å². The van der Waals surface area contributed by atoms with Gasteiger partial charge in [0.15, 0.2) is 12.0 Å². The Morgan fingerprint density at radius 2 is 1.24 bits per heavy atom. The van der Waals surface area contributed by atoms with Crippen LogP contribution in [0.25, 0.3) is 0 Å². The van der Waals surface area contributed by atoms with Gasteiger partial charge in [-0.1, -0.05) is 0 Å². The maximum Gasteiger partial charge on any atom is 0.346 e. The number of halogens is 9. The van der Waals surface area contributed by atoms with Crippen molar-refractivity contribution in [3.8, 4) is 0 Å². The van der Waals surface area contributed by atoms with Crippen LogP contribution in [0.3, 0.4) is 0 Å². The quantitative estimate of drug-likeness (QED) is 0.582. The van der Waals surface area contributed by atoms with E-state index in [1.165, 1.54) is 0 Å². The highest BCUT2D eigenvalue weighted by Crippen LogP contribution is 2.43. The Labute approximate surface area is 91.5 Å². The lowest BCUT2D eigenvalue weighted by molar-refractivity contribution is -0.266. The summed E-state index contributed by atoms with van der Waals surface area (Å²) >= 11 is 0. The van der Waals surface area contributed by atoms with Crippen molar-refractivity contribution >= 4 is 9.76 Å². The van der Waals surface area contributed by atoms with Gasteiger partial charge in [-0.25, -0.2) is 22.0 Å². The number of rotatable bonds is 6. The Balaban J connectivity index is 5.11. The van der Waals surface area contributed by atoms with E-state index in [1.54, 1.807) is 0 Å². The predicted octanol–water partition coefficient (Wildman–Crippen LogP) is 1.57. The summed E-state index contributed by atoms with van der Waals surface area (Å²) in [6.07, 6.45) is -13.0. The molecule has 0 aromatic rings. The molecule has 0 aliphatic rings. The monoisotopic (exact) mass is 294 g/mol. The van der Waals surface area contributed by atoms with Crippen LogP contribution in [0, 0.1) is 0 Å². The van der Waals surface area contributed by atoms with Gasteiger partial charge in [0, 0.05) is 0 Å². The zero-order chi connectivity index (χ0) is 14.0. The third kappa shape index (κ3) is 3.06. The predicted molar refractivity (Wildman–Crippen MR) is 41.3 cm³/mol. The third-order valence-corrected chi connectivity index (χ3v) is 2.70. The fourth-order valence-electron chi connectivity index (χ4n) is 0.835. The number of hydrogen-bond donors (Lipinski definition) is 1. The lowest BCUT2D eigenvalue weighted by Crippen LogP contribution is -2.58. The molecule has 0 amide bonds. The lowest BCUT2D eigenvalue weighted by Gasteiger charge is -2.31. The molecule has 0 aliphatic heterocycles. The van der Waals surface area contributed by atoms with Gasteiger partial charge in [-0.15, -0.1) is 0 Å². The molecule has 1 N–H and O–H groups in total. The van der Waals surface area contributed by atoms with Crippen LogP contribution in [-0.4, -0.2) is 51.0 Å². The first-order chi connectivity index (χ1) is 7.50. The van der Waals surface area contributed by atoms with Gasteiger partial charge in [0.25, 0.3) is 6.43 Å². The molecule has 0 saturated heterocycles. The van der Waals surface area contributed by atoms with Crippen LogP contribution in [0.15, 0.2) is 0 Å². The van der Waals surface area contributed by atoms with Gasteiger partial charge in [0.05, 0.1) is 0 Å². The van der Waals surface area contributed by atoms with Gasteiger partial charge < -0.3 is 4.80 Å². The van der Waals surface area contributed by atoms with E-state index in [2.05, 4.69) is 0 Å². The topological polar surface area (TPSA) is 20.2 Å². The van der Waals surface area contributed by atoms with Crippen LogP contribution in [0.5, 0.6) is 0 Å². The van der Waals surface area contributed by atoms with Crippen molar-refractivity contribution in [3.63, 3.8) is 0 Å². The highest BCUT2D eigenvalue weighted by molar-refractivity contribution is 6.27. The molecule has 11 heteroatoms. The standard InChI is InChI=1S/C6H7F9OSi/c7-1(3(9)10)2(8)5(12,13)6(14,15)4(11)17-16/h1-4,16H,17H2. The van der Waals surface area contributed by atoms with Crippen molar-refractivity contribution in [2.75, 3.05) is 0 Å². The fourth-order valence-corrected chi connectivity index (χ4v) is 1.34. The molecule has 0 aliphatic carbocycles. The van der Waals surface area contributed by atoms with E-state index in [0.717, 1.165) is 0 Å². The maximum atomic E-state index is 12.6. The SMILES string of the molecule is O[SiH2]C(F)C(F)(F)C(F)(F)C(F)C(F)C(F)F. The van der Waals surface area contributed by atoms with Gasteiger partial charge in [0.2, 0.25) is 15.9 Å². The average molecular weight is 294 g/mol. The molecule has 0 aromatic carbocycles. The van der Waals surface area contributed by atoms with E-state index in [-0.39, 0.29) is 0 Å². The smallest absolute Gasteiger partial charge is 0.346 e. The second kappa shape index (κ2) is 5.46. The molecule has 3 unspecified atom stereocenters. The average Bonchev–Trinajstić information content (AvgIpc) is 2.24. The van der Waals surface area contributed by atoms with Gasteiger partial charge in [-0.05, 0) is 0 Å². The molecule has 0 heterocycles. The molecule has 0 saturated carbocycles. The Bertz CT molecular complexity index is 248. The molecule has 0 spiro atoms. The van der Waals surface area contributed by atoms with Crippen LogP contribution in [0.2, 0.25) is 0 Å². The van der Waals surface area contributed by atoms with E-state index in [4.69, 9.17) is 4.80 Å². The minimum atomic E-state index is -5.97. The summed E-state index contributed by atoms with van der Waals surface area (Å²) in [5, 5.41) is 0. The van der Waals surface area contributed by atoms with Gasteiger partial charge in [-0.3, -0.25) is 0 Å². The highest BCUT2D eigenvalue weighted by atomic mass is 28.2. The van der Waals surface area contributed by atoms with E-state index >= 15 is 0 Å². The zero-order valence-corrected chi connectivity index (χ0v) is 9.28. The molecule has 0 radical (unpaired) electrons. The van der Waals surface area contributed by atoms with Crippen molar-refractivity contribution in [3.05, 3.63) is 0 Å². The van der Waals surface area contributed by atoms with Crippen molar-refractivity contribution < 1.29 is 44.3 Å². The maximum absolute atomic E-state index is 12.6. The first-order valence-electron chi connectivity index (χ1n) is 4.07. The highest BCUT2D eigenvalue weighted by Gasteiger charge is 2.68. The second-order valence-electron chi connectivity index (χ2n) is 3.08. The third-order valence-electron chi connectivity index (χ3n) is 1.86. The minimum absolute atomic E-state index is 3.29. The van der Waals surface area contributed by atoms with E-state index in [9.17, 15) is 39.5 Å². The van der Waals surface area contributed by atoms with Crippen molar-refractivity contribution in [1.29, 1.82) is 0 Å². The Morgan fingerprint density at radius 1 is 0.824 bits per heavy atom. The molecular weight excluding hydrogens is 287 g/mol. The van der Waals surface area contributed by atoms with E-state index in [0.29, 0.717) is 0 Å². The fraction of sp³-hybridized carbons (Fsp3) is 1.00. The minimum Gasteiger partial charge on any atom is -0.435 e. The van der Waals surface area contributed by atoms with Crippen LogP contribution in [0.1, 0.15) is 0 Å². The van der Waals surface area contributed by atoms with E-state index < -0.39 is 46.2 Å². The van der Waals surface area contributed by atoms with Crippen LogP contribution >= 0.6 is 0 Å². The molecule has 0 aromatic heterocycles. The normalized spacial score (nSPS) is 19.9. The van der Waals surface area contributed by atoms with Crippen LogP contribution in [0.4, 0.5) is 39.5 Å². The molecule has 1 nitrogen and oxygen atoms in total. The van der Waals surface area contributed by atoms with Crippen molar-refractivity contribution in [1.82, 2.24) is 0 Å². The second-order valence-corrected chi connectivity index (χ2v) is 4.16. The first kappa shape index (κ1) is 16.5. The van der Waals surface area contributed by atoms with Gasteiger partial charge in [-0.2, -0.15) is 17.6 Å². The lowest BCUT2D eigenvalue weighted by atomic mass is 10.0. The largest absolute Gasteiger partial charge is 0.435 e. The van der Waals surface area contributed by atoms with Crippen LogP contribution in [-0.2, 0) is 0 Å². The molecule has 17 heavy (non-hydrogen) atoms. The molecular formula is C6H7F9OSi. The van der Waals surface area contributed by atoms with Crippen molar-refractivity contribution in [2.45, 2.75) is 36.4 Å². The van der Waals surface area contributed by atoms with Gasteiger partial charge >= 0.3 is 11.8 Å². The summed E-state index contributed by atoms with van der Waals surface area (Å²) in [7, 11) is -3.29. The van der Waals surface area contributed by atoms with Crippen LogP contribution < -0.4 is 0 Å². The molecule has 3 atom stereocenters. The summed E-state index contributed by atoms with van der Waals surface area (Å²) in [5.41, 5.74) is 0. The number of hydrogen-bond acceptors (Lipinski definition) is 1. The summed E-state index contributed by atoms with van der Waals surface area (Å²) < 4.78 is 111. The molecule has 0 rings (SSSR count). The zero-order valence-electron chi connectivity index (χ0n) is 7.87. The Kier molecular flexibility index (Phi) is 5.31. The summed E-state index contributed by atoms with van der Waals surface area (Å²) in [6, 6.07) is 0. The Morgan fingerprint density at radius 3 is 1.53 bits per heavy atom.